The van der Waals surface area contributed by atoms with Crippen LogP contribution in [0.3, 0.4) is 0 Å². The molecule has 0 aliphatic heterocycles. The van der Waals surface area contributed by atoms with E-state index in [9.17, 15) is 10.1 Å². The second-order valence-electron chi connectivity index (χ2n) is 4.11. The predicted octanol–water partition coefficient (Wildman–Crippen LogP) is 4.59. The maximum Gasteiger partial charge on any atom is 0.311 e. The van der Waals surface area contributed by atoms with Crippen molar-refractivity contribution in [1.29, 1.82) is 0 Å². The molecule has 0 saturated carbocycles. The Morgan fingerprint density at radius 2 is 1.89 bits per heavy atom. The fourth-order valence-electron chi connectivity index (χ4n) is 1.63. The monoisotopic (exact) mass is 321 g/mol. The van der Waals surface area contributed by atoms with Crippen LogP contribution < -0.4 is 4.74 Å². The average Bonchev–Trinajstić information content (AvgIpc) is 2.39. The molecule has 0 N–H and O–H groups in total. The van der Waals surface area contributed by atoms with Crippen molar-refractivity contribution in [3.05, 3.63) is 63.7 Å². The summed E-state index contributed by atoms with van der Waals surface area (Å²) in [6.07, 6.45) is 0. The normalized spacial score (nSPS) is 10.2. The van der Waals surface area contributed by atoms with E-state index in [1.165, 1.54) is 6.07 Å². The van der Waals surface area contributed by atoms with Gasteiger partial charge in [0.15, 0.2) is 0 Å². The molecule has 0 spiro atoms. The summed E-state index contributed by atoms with van der Waals surface area (Å²) in [5.74, 6) is 0.843. The molecule has 2 aromatic carbocycles. The Labute approximate surface area is 119 Å². The summed E-state index contributed by atoms with van der Waals surface area (Å²) in [5.41, 5.74) is 2.00. The van der Waals surface area contributed by atoms with Gasteiger partial charge in [0.05, 0.1) is 4.92 Å². The van der Waals surface area contributed by atoms with Gasteiger partial charge < -0.3 is 4.74 Å². The number of halogens is 1. The van der Waals surface area contributed by atoms with Gasteiger partial charge in [0.2, 0.25) is 5.75 Å². The van der Waals surface area contributed by atoms with Gasteiger partial charge >= 0.3 is 5.69 Å². The van der Waals surface area contributed by atoms with Crippen LogP contribution in [0.5, 0.6) is 11.5 Å². The highest BCUT2D eigenvalue weighted by Crippen LogP contribution is 2.32. The lowest BCUT2D eigenvalue weighted by atomic mass is 10.2. The van der Waals surface area contributed by atoms with E-state index in [4.69, 9.17) is 4.74 Å². The van der Waals surface area contributed by atoms with Crippen LogP contribution in [0.4, 0.5) is 5.69 Å². The Morgan fingerprint density at radius 1 is 1.21 bits per heavy atom. The summed E-state index contributed by atoms with van der Waals surface area (Å²) in [6, 6.07) is 12.2. The smallest absolute Gasteiger partial charge is 0.311 e. The third kappa shape index (κ3) is 3.32. The van der Waals surface area contributed by atoms with Crippen LogP contribution in [0.1, 0.15) is 11.1 Å². The Balaban J connectivity index is 2.31. The number of nitro benzene ring substituents is 1. The summed E-state index contributed by atoms with van der Waals surface area (Å²) < 4.78 is 5.59. The van der Waals surface area contributed by atoms with Gasteiger partial charge in [-0.2, -0.15) is 0 Å². The molecule has 0 radical (unpaired) electrons. The van der Waals surface area contributed by atoms with Crippen molar-refractivity contribution in [3.8, 4) is 11.5 Å². The largest absolute Gasteiger partial charge is 0.450 e. The van der Waals surface area contributed by atoms with Crippen LogP contribution in [0.2, 0.25) is 0 Å². The molecule has 5 heteroatoms. The van der Waals surface area contributed by atoms with E-state index in [0.717, 1.165) is 16.5 Å². The van der Waals surface area contributed by atoms with E-state index in [0.29, 0.717) is 5.75 Å². The molecule has 0 fully saturated rings. The zero-order valence-electron chi connectivity index (χ0n) is 10.3. The SMILES string of the molecule is Cc1ccc([N+](=O)[O-])c(Oc2ccc(CBr)cc2)c1. The predicted molar refractivity (Wildman–Crippen MR) is 77.0 cm³/mol. The molecule has 0 unspecified atom stereocenters. The number of hydrogen-bond donors (Lipinski definition) is 0. The first kappa shape index (κ1) is 13.5. The van der Waals surface area contributed by atoms with Gasteiger partial charge in [-0.3, -0.25) is 10.1 Å². The highest BCUT2D eigenvalue weighted by molar-refractivity contribution is 9.08. The van der Waals surface area contributed by atoms with Crippen LogP contribution >= 0.6 is 15.9 Å². The average molecular weight is 322 g/mol. The summed E-state index contributed by atoms with van der Waals surface area (Å²) in [7, 11) is 0. The first-order valence-corrected chi connectivity index (χ1v) is 6.80. The number of hydrogen-bond acceptors (Lipinski definition) is 3. The van der Waals surface area contributed by atoms with Gasteiger partial charge in [-0.15, -0.1) is 0 Å². The number of nitro groups is 1. The van der Waals surface area contributed by atoms with E-state index in [1.54, 1.807) is 24.3 Å². The van der Waals surface area contributed by atoms with E-state index in [2.05, 4.69) is 15.9 Å². The number of ether oxygens (including phenoxy) is 1. The van der Waals surface area contributed by atoms with Crippen LogP contribution in [0.15, 0.2) is 42.5 Å². The number of alkyl halides is 1. The lowest BCUT2D eigenvalue weighted by Crippen LogP contribution is -1.94. The number of nitrogens with zero attached hydrogens (tertiary/aromatic N) is 1. The molecular weight excluding hydrogens is 310 g/mol. The van der Waals surface area contributed by atoms with E-state index in [1.807, 2.05) is 19.1 Å². The molecule has 0 heterocycles. The van der Waals surface area contributed by atoms with Gasteiger partial charge in [0.25, 0.3) is 0 Å². The first-order chi connectivity index (χ1) is 9.10. The molecule has 0 aliphatic rings. The van der Waals surface area contributed by atoms with Crippen molar-refractivity contribution in [2.24, 2.45) is 0 Å². The fourth-order valence-corrected chi connectivity index (χ4v) is 2.00. The number of aryl methyl sites for hydroxylation is 1. The fraction of sp³-hybridized carbons (Fsp3) is 0.143. The van der Waals surface area contributed by atoms with Crippen LogP contribution in [0, 0.1) is 17.0 Å². The third-order valence-electron chi connectivity index (χ3n) is 2.62. The molecule has 0 atom stereocenters. The molecule has 19 heavy (non-hydrogen) atoms. The van der Waals surface area contributed by atoms with Crippen molar-refractivity contribution in [2.45, 2.75) is 12.3 Å². The van der Waals surface area contributed by atoms with Crippen molar-refractivity contribution >= 4 is 21.6 Å². The summed E-state index contributed by atoms with van der Waals surface area (Å²) in [5, 5.41) is 11.7. The summed E-state index contributed by atoms with van der Waals surface area (Å²) in [4.78, 5) is 10.5. The minimum absolute atomic E-state index is 0.0323. The molecule has 2 aromatic rings. The molecule has 0 aliphatic carbocycles. The quantitative estimate of drug-likeness (QED) is 0.470. The van der Waals surface area contributed by atoms with Gasteiger partial charge in [-0.25, -0.2) is 0 Å². The minimum atomic E-state index is -0.443. The number of benzene rings is 2. The summed E-state index contributed by atoms with van der Waals surface area (Å²) in [6.45, 7) is 1.87. The van der Waals surface area contributed by atoms with Crippen molar-refractivity contribution in [1.82, 2.24) is 0 Å². The lowest BCUT2D eigenvalue weighted by molar-refractivity contribution is -0.385. The zero-order valence-corrected chi connectivity index (χ0v) is 11.9. The highest BCUT2D eigenvalue weighted by Gasteiger charge is 2.15. The van der Waals surface area contributed by atoms with Crippen LogP contribution in [-0.4, -0.2) is 4.92 Å². The standard InChI is InChI=1S/C14H12BrNO3/c1-10-2-7-13(16(17)18)14(8-10)19-12-5-3-11(9-15)4-6-12/h2-8H,9H2,1H3. The Bertz CT molecular complexity index is 596. The molecule has 0 saturated heterocycles. The molecule has 0 bridgehead atoms. The molecule has 0 aromatic heterocycles. The summed E-state index contributed by atoms with van der Waals surface area (Å²) >= 11 is 3.36. The molecule has 4 nitrogen and oxygen atoms in total. The van der Waals surface area contributed by atoms with Crippen LogP contribution in [-0.2, 0) is 5.33 Å². The maximum absolute atomic E-state index is 10.9. The van der Waals surface area contributed by atoms with E-state index >= 15 is 0 Å². The molecule has 0 amide bonds. The minimum Gasteiger partial charge on any atom is -0.450 e. The van der Waals surface area contributed by atoms with Crippen molar-refractivity contribution in [3.63, 3.8) is 0 Å². The zero-order chi connectivity index (χ0) is 13.8. The van der Waals surface area contributed by atoms with Gasteiger partial charge in [-0.05, 0) is 36.2 Å². The maximum atomic E-state index is 10.9. The number of rotatable bonds is 4. The van der Waals surface area contributed by atoms with Gasteiger partial charge in [0, 0.05) is 11.4 Å². The van der Waals surface area contributed by atoms with E-state index < -0.39 is 4.92 Å². The Morgan fingerprint density at radius 3 is 2.47 bits per heavy atom. The van der Waals surface area contributed by atoms with Crippen LogP contribution in [0.25, 0.3) is 0 Å². The Hall–Kier alpha value is -1.88. The lowest BCUT2D eigenvalue weighted by Gasteiger charge is -2.07. The topological polar surface area (TPSA) is 52.4 Å². The highest BCUT2D eigenvalue weighted by atomic mass is 79.9. The second-order valence-corrected chi connectivity index (χ2v) is 4.67. The third-order valence-corrected chi connectivity index (χ3v) is 3.26. The van der Waals surface area contributed by atoms with Gasteiger partial charge in [0.1, 0.15) is 5.75 Å². The van der Waals surface area contributed by atoms with Gasteiger partial charge in [-0.1, -0.05) is 34.1 Å². The second kappa shape index (κ2) is 5.84. The molecule has 98 valence electrons. The molecule has 2 rings (SSSR count). The molecular formula is C14H12BrNO3. The van der Waals surface area contributed by atoms with Crippen molar-refractivity contribution in [2.75, 3.05) is 0 Å². The van der Waals surface area contributed by atoms with E-state index in [-0.39, 0.29) is 11.4 Å². The Kier molecular flexibility index (Phi) is 4.16. The first-order valence-electron chi connectivity index (χ1n) is 5.68. The van der Waals surface area contributed by atoms with Crippen molar-refractivity contribution < 1.29 is 9.66 Å².